The molecule has 2 aromatic carbocycles. The number of halogens is 1. The van der Waals surface area contributed by atoms with Gasteiger partial charge in [0.2, 0.25) is 5.91 Å². The standard InChI is InChI=1S/C32H42ClN3O7S/c1-3-43-28(37)18-34-32(41)29(38)27(20-42-19-22-12-8-5-9-13-22)36-31(40)26(16-21-10-6-4-7-11-21)35-30(39)24-17-23(44-2)14-15-25(24)33/h5,8-9,12-15,17,21,26-27,29,38H,3-4,6-7,10-11,16,18-20H2,1-2H3,(H,34,41)(H,35,39)(H,36,40)/t26-,27-,29?/m0/s1. The molecule has 2 aromatic rings. The van der Waals surface area contributed by atoms with Crippen molar-refractivity contribution in [2.75, 3.05) is 26.0 Å². The summed E-state index contributed by atoms with van der Waals surface area (Å²) in [5, 5.41) is 19.1. The lowest BCUT2D eigenvalue weighted by Crippen LogP contribution is -2.57. The first-order chi connectivity index (χ1) is 21.2. The van der Waals surface area contributed by atoms with Gasteiger partial charge in [0.15, 0.2) is 6.10 Å². The highest BCUT2D eigenvalue weighted by atomic mass is 35.5. The Balaban J connectivity index is 1.78. The molecule has 3 amide bonds. The molecule has 0 heterocycles. The van der Waals surface area contributed by atoms with E-state index in [9.17, 15) is 24.3 Å². The lowest BCUT2D eigenvalue weighted by molar-refractivity contribution is -0.145. The summed E-state index contributed by atoms with van der Waals surface area (Å²) in [6.45, 7) is 1.31. The number of ether oxygens (including phenoxy) is 2. The third-order valence-corrected chi connectivity index (χ3v) is 8.49. The molecule has 44 heavy (non-hydrogen) atoms. The number of rotatable bonds is 16. The van der Waals surface area contributed by atoms with Crippen LogP contribution in [0, 0.1) is 5.92 Å². The molecule has 0 aliphatic heterocycles. The normalized spacial score (nSPS) is 15.5. The van der Waals surface area contributed by atoms with Crippen molar-refractivity contribution >= 4 is 47.1 Å². The van der Waals surface area contributed by atoms with Gasteiger partial charge >= 0.3 is 5.97 Å². The molecule has 3 rings (SSSR count). The third-order valence-electron chi connectivity index (χ3n) is 7.43. The maximum atomic E-state index is 13.8. The quantitative estimate of drug-likeness (QED) is 0.159. The number of hydrogen-bond donors (Lipinski definition) is 4. The molecule has 1 aliphatic rings. The van der Waals surface area contributed by atoms with E-state index in [1.54, 1.807) is 19.1 Å². The second-order valence-corrected chi connectivity index (χ2v) is 12.0. The lowest BCUT2D eigenvalue weighted by atomic mass is 9.84. The van der Waals surface area contributed by atoms with Gasteiger partial charge in [-0.15, -0.1) is 11.8 Å². The van der Waals surface area contributed by atoms with E-state index < -0.39 is 48.4 Å². The van der Waals surface area contributed by atoms with E-state index in [0.29, 0.717) is 6.42 Å². The van der Waals surface area contributed by atoms with Crippen LogP contribution in [0.4, 0.5) is 0 Å². The van der Waals surface area contributed by atoms with E-state index in [1.165, 1.54) is 11.8 Å². The predicted octanol–water partition coefficient (Wildman–Crippen LogP) is 3.87. The zero-order valence-electron chi connectivity index (χ0n) is 25.2. The first kappa shape index (κ1) is 35.4. The van der Waals surface area contributed by atoms with Crippen LogP contribution in [-0.2, 0) is 30.5 Å². The van der Waals surface area contributed by atoms with Crippen molar-refractivity contribution < 1.29 is 33.8 Å². The van der Waals surface area contributed by atoms with Gasteiger partial charge in [0.05, 0.1) is 36.4 Å². The minimum atomic E-state index is -1.75. The maximum Gasteiger partial charge on any atom is 0.325 e. The van der Waals surface area contributed by atoms with Crippen molar-refractivity contribution in [2.24, 2.45) is 5.92 Å². The Kier molecular flexibility index (Phi) is 15.0. The van der Waals surface area contributed by atoms with Crippen molar-refractivity contribution in [1.82, 2.24) is 16.0 Å². The van der Waals surface area contributed by atoms with E-state index in [0.717, 1.165) is 42.6 Å². The summed E-state index contributed by atoms with van der Waals surface area (Å²) in [4.78, 5) is 52.5. The Morgan fingerprint density at radius 1 is 1.02 bits per heavy atom. The number of carbonyl (C=O) groups excluding carboxylic acids is 4. The number of benzene rings is 2. The highest BCUT2D eigenvalue weighted by molar-refractivity contribution is 7.98. The average molecular weight is 648 g/mol. The van der Waals surface area contributed by atoms with Crippen LogP contribution in [0.1, 0.15) is 61.4 Å². The van der Waals surface area contributed by atoms with Crippen molar-refractivity contribution in [3.63, 3.8) is 0 Å². The summed E-state index contributed by atoms with van der Waals surface area (Å²) in [5.74, 6) is -2.37. The fraction of sp³-hybridized carbons (Fsp3) is 0.500. The molecule has 0 bridgehead atoms. The molecule has 0 spiro atoms. The number of aliphatic hydroxyl groups excluding tert-OH is 1. The molecule has 1 fully saturated rings. The molecule has 1 aliphatic carbocycles. The van der Waals surface area contributed by atoms with Gasteiger partial charge in [-0.05, 0) is 49.3 Å². The second-order valence-electron chi connectivity index (χ2n) is 10.7. The predicted molar refractivity (Wildman–Crippen MR) is 169 cm³/mol. The molecule has 10 nitrogen and oxygen atoms in total. The van der Waals surface area contributed by atoms with Crippen LogP contribution in [0.5, 0.6) is 0 Å². The molecule has 1 saturated carbocycles. The molecule has 0 aromatic heterocycles. The van der Waals surface area contributed by atoms with Gasteiger partial charge in [-0.1, -0.05) is 74.0 Å². The van der Waals surface area contributed by atoms with Crippen LogP contribution in [0.25, 0.3) is 0 Å². The first-order valence-electron chi connectivity index (χ1n) is 14.9. The van der Waals surface area contributed by atoms with E-state index in [-0.39, 0.29) is 36.3 Å². The molecule has 1 unspecified atom stereocenters. The number of amides is 3. The zero-order valence-corrected chi connectivity index (χ0v) is 26.8. The highest BCUT2D eigenvalue weighted by Crippen LogP contribution is 2.28. The van der Waals surface area contributed by atoms with E-state index in [2.05, 4.69) is 16.0 Å². The van der Waals surface area contributed by atoms with Gasteiger partial charge in [0.1, 0.15) is 12.6 Å². The summed E-state index contributed by atoms with van der Waals surface area (Å²) < 4.78 is 10.6. The Morgan fingerprint density at radius 2 is 1.75 bits per heavy atom. The number of thioether (sulfide) groups is 1. The third kappa shape index (κ3) is 11.4. The fourth-order valence-corrected chi connectivity index (χ4v) is 5.70. The van der Waals surface area contributed by atoms with Gasteiger partial charge < -0.3 is 30.5 Å². The minimum absolute atomic E-state index is 0.143. The average Bonchev–Trinajstić information content (AvgIpc) is 3.03. The molecule has 4 N–H and O–H groups in total. The number of hydrogen-bond acceptors (Lipinski definition) is 8. The zero-order chi connectivity index (χ0) is 31.9. The van der Waals surface area contributed by atoms with Crippen molar-refractivity contribution in [3.05, 3.63) is 64.7 Å². The van der Waals surface area contributed by atoms with E-state index >= 15 is 0 Å². The number of aliphatic hydroxyl groups is 1. The van der Waals surface area contributed by atoms with Gasteiger partial charge in [0.25, 0.3) is 11.8 Å². The Morgan fingerprint density at radius 3 is 2.43 bits per heavy atom. The molecule has 0 radical (unpaired) electrons. The molecule has 0 saturated heterocycles. The lowest BCUT2D eigenvalue weighted by Gasteiger charge is -2.29. The molecule has 12 heteroatoms. The summed E-state index contributed by atoms with van der Waals surface area (Å²) in [5.41, 5.74) is 1.12. The Hall–Kier alpha value is -3.12. The maximum absolute atomic E-state index is 13.8. The van der Waals surface area contributed by atoms with Gasteiger partial charge in [-0.2, -0.15) is 0 Å². The van der Waals surface area contributed by atoms with Crippen molar-refractivity contribution in [1.29, 1.82) is 0 Å². The topological polar surface area (TPSA) is 143 Å². The molecular formula is C32H42ClN3O7S. The summed E-state index contributed by atoms with van der Waals surface area (Å²) in [6, 6.07) is 12.3. The van der Waals surface area contributed by atoms with Crippen molar-refractivity contribution in [3.8, 4) is 0 Å². The van der Waals surface area contributed by atoms with Crippen LogP contribution < -0.4 is 16.0 Å². The van der Waals surface area contributed by atoms with Crippen LogP contribution in [0.2, 0.25) is 5.02 Å². The highest BCUT2D eigenvalue weighted by Gasteiger charge is 2.33. The summed E-state index contributed by atoms with van der Waals surface area (Å²) in [7, 11) is 0. The van der Waals surface area contributed by atoms with E-state index in [1.807, 2.05) is 42.7 Å². The van der Waals surface area contributed by atoms with Gasteiger partial charge in [-0.25, -0.2) is 0 Å². The minimum Gasteiger partial charge on any atom is -0.465 e. The monoisotopic (exact) mass is 647 g/mol. The molecular weight excluding hydrogens is 606 g/mol. The summed E-state index contributed by atoms with van der Waals surface area (Å²) in [6.07, 6.45) is 5.62. The smallest absolute Gasteiger partial charge is 0.325 e. The molecule has 240 valence electrons. The van der Waals surface area contributed by atoms with Gasteiger partial charge in [0, 0.05) is 4.90 Å². The summed E-state index contributed by atoms with van der Waals surface area (Å²) >= 11 is 7.81. The SMILES string of the molecule is CCOC(=O)CNC(=O)C(O)[C@H](COCc1ccccc1)NC(=O)[C@H](CC1CCCCC1)NC(=O)c1cc(SC)ccc1Cl. The Labute approximate surface area is 268 Å². The first-order valence-corrected chi connectivity index (χ1v) is 16.5. The van der Waals surface area contributed by atoms with Gasteiger partial charge in [-0.3, -0.25) is 19.2 Å². The van der Waals surface area contributed by atoms with Crippen LogP contribution >= 0.6 is 23.4 Å². The largest absolute Gasteiger partial charge is 0.465 e. The molecule has 3 atom stereocenters. The number of nitrogens with one attached hydrogen (secondary N) is 3. The van der Waals surface area contributed by atoms with Crippen LogP contribution in [0.3, 0.4) is 0 Å². The van der Waals surface area contributed by atoms with Crippen LogP contribution in [-0.4, -0.2) is 73.0 Å². The number of esters is 1. The second kappa shape index (κ2) is 18.6. The van der Waals surface area contributed by atoms with Crippen molar-refractivity contribution in [2.45, 2.75) is 75.1 Å². The fourth-order valence-electron chi connectivity index (χ4n) is 5.06. The number of carbonyl (C=O) groups is 4. The van der Waals surface area contributed by atoms with Crippen LogP contribution in [0.15, 0.2) is 53.4 Å². The van der Waals surface area contributed by atoms with E-state index in [4.69, 9.17) is 21.1 Å². The Bertz CT molecular complexity index is 1240.